The molecular weight excluding hydrogens is 435 g/mol. The van der Waals surface area contributed by atoms with Crippen molar-refractivity contribution < 1.29 is 13.9 Å². The molecule has 2 aromatic heterocycles. The Kier molecular flexibility index (Phi) is 6.06. The van der Waals surface area contributed by atoms with Gasteiger partial charge in [0.25, 0.3) is 5.56 Å². The molecule has 8 heteroatoms. The highest BCUT2D eigenvalue weighted by Crippen LogP contribution is 2.28. The zero-order chi connectivity index (χ0) is 23.7. The van der Waals surface area contributed by atoms with Crippen LogP contribution in [0.15, 0.2) is 65.6 Å². The topological polar surface area (TPSA) is 61.5 Å². The molecule has 0 amide bonds. The van der Waals surface area contributed by atoms with Crippen molar-refractivity contribution in [2.45, 2.75) is 19.8 Å². The Balaban J connectivity index is 1.55. The minimum Gasteiger partial charge on any atom is -0.460 e. The predicted molar refractivity (Wildman–Crippen MR) is 130 cm³/mol. The molecule has 0 saturated carbocycles. The van der Waals surface area contributed by atoms with Crippen LogP contribution in [0.2, 0.25) is 0 Å². The van der Waals surface area contributed by atoms with Crippen LogP contribution in [-0.2, 0) is 18.3 Å². The van der Waals surface area contributed by atoms with Crippen LogP contribution in [0.5, 0.6) is 5.75 Å². The Morgan fingerprint density at radius 2 is 1.85 bits per heavy atom. The number of pyridine rings is 1. The van der Waals surface area contributed by atoms with Gasteiger partial charge in [0.15, 0.2) is 0 Å². The second kappa shape index (κ2) is 9.30. The van der Waals surface area contributed by atoms with Gasteiger partial charge >= 0.3 is 0 Å². The molecule has 0 radical (unpaired) electrons. The van der Waals surface area contributed by atoms with Crippen molar-refractivity contribution in [3.63, 3.8) is 0 Å². The Morgan fingerprint density at radius 3 is 2.65 bits per heavy atom. The summed E-state index contributed by atoms with van der Waals surface area (Å²) in [6, 6.07) is 17.2. The number of para-hydroxylation sites is 1. The van der Waals surface area contributed by atoms with Crippen LogP contribution < -0.4 is 15.2 Å². The van der Waals surface area contributed by atoms with E-state index in [-0.39, 0.29) is 5.56 Å². The first-order valence-corrected chi connectivity index (χ1v) is 11.4. The van der Waals surface area contributed by atoms with E-state index in [9.17, 15) is 9.18 Å². The Labute approximate surface area is 196 Å². The van der Waals surface area contributed by atoms with Crippen molar-refractivity contribution in [1.82, 2.24) is 14.3 Å². The van der Waals surface area contributed by atoms with Gasteiger partial charge in [-0.05, 0) is 41.5 Å². The molecule has 1 unspecified atom stereocenters. The molecular formula is C26H27FN4O3. The largest absolute Gasteiger partial charge is 0.460 e. The normalized spacial score (nSPS) is 15.0. The summed E-state index contributed by atoms with van der Waals surface area (Å²) in [5, 5.41) is 0.631. The fraction of sp³-hybridized carbons (Fsp3) is 0.308. The van der Waals surface area contributed by atoms with Gasteiger partial charge in [-0.25, -0.2) is 9.37 Å². The van der Waals surface area contributed by atoms with Crippen molar-refractivity contribution in [2.75, 3.05) is 31.2 Å². The third kappa shape index (κ3) is 4.28. The number of alkyl halides is 1. The number of hydrogen-bond donors (Lipinski definition) is 0. The monoisotopic (exact) mass is 462 g/mol. The molecule has 0 aliphatic carbocycles. The molecule has 34 heavy (non-hydrogen) atoms. The second-order valence-electron chi connectivity index (χ2n) is 8.39. The van der Waals surface area contributed by atoms with Crippen LogP contribution in [0.25, 0.3) is 22.0 Å². The van der Waals surface area contributed by atoms with E-state index < -0.39 is 6.36 Å². The van der Waals surface area contributed by atoms with Crippen molar-refractivity contribution in [3.8, 4) is 16.9 Å². The number of halogens is 1. The summed E-state index contributed by atoms with van der Waals surface area (Å²) in [4.78, 5) is 19.7. The van der Waals surface area contributed by atoms with Gasteiger partial charge in [0.1, 0.15) is 11.6 Å². The lowest BCUT2D eigenvalue weighted by atomic mass is 10.0. The average Bonchev–Trinajstić information content (AvgIpc) is 3.10. The number of benzene rings is 2. The molecule has 176 valence electrons. The minimum atomic E-state index is -1.43. The zero-order valence-corrected chi connectivity index (χ0v) is 19.3. The van der Waals surface area contributed by atoms with Crippen LogP contribution in [0.1, 0.15) is 12.5 Å². The van der Waals surface area contributed by atoms with Gasteiger partial charge in [0, 0.05) is 38.8 Å². The van der Waals surface area contributed by atoms with Gasteiger partial charge in [0.05, 0.1) is 30.7 Å². The molecule has 0 bridgehead atoms. The standard InChI is InChI=1S/C26H27FN4O3/c1-18(27)34-24-6-4-3-5-21(24)17-31-23-15-19(7-8-22(23)26(32)29(31)2)20-9-10-28-25(16-20)30-11-13-33-14-12-30/h3-10,15-16,18H,11-14,17H2,1-2H3. The summed E-state index contributed by atoms with van der Waals surface area (Å²) in [6.45, 7) is 4.74. The lowest BCUT2D eigenvalue weighted by molar-refractivity contribution is 0.0847. The van der Waals surface area contributed by atoms with Crippen LogP contribution in [0, 0.1) is 0 Å². The third-order valence-corrected chi connectivity index (χ3v) is 6.16. The summed E-state index contributed by atoms with van der Waals surface area (Å²) < 4.78 is 27.9. The SMILES string of the molecule is CC(F)Oc1ccccc1Cn1c2cc(-c3ccnc(N4CCOCC4)c3)ccc2c(=O)n1C. The molecule has 3 heterocycles. The Hall–Kier alpha value is -3.65. The first kappa shape index (κ1) is 22.2. The average molecular weight is 463 g/mol. The molecule has 2 aromatic carbocycles. The van der Waals surface area contributed by atoms with E-state index in [0.717, 1.165) is 41.1 Å². The molecule has 1 saturated heterocycles. The van der Waals surface area contributed by atoms with Gasteiger partial charge in [-0.15, -0.1) is 0 Å². The number of fused-ring (bicyclic) bond motifs is 1. The molecule has 1 fully saturated rings. The number of morpholine rings is 1. The summed E-state index contributed by atoms with van der Waals surface area (Å²) in [7, 11) is 1.74. The highest BCUT2D eigenvalue weighted by atomic mass is 19.1. The van der Waals surface area contributed by atoms with Crippen molar-refractivity contribution in [2.24, 2.45) is 7.05 Å². The summed E-state index contributed by atoms with van der Waals surface area (Å²) >= 11 is 0. The van der Waals surface area contributed by atoms with Crippen molar-refractivity contribution in [3.05, 3.63) is 76.7 Å². The summed E-state index contributed by atoms with van der Waals surface area (Å²) in [5.74, 6) is 1.38. The maximum Gasteiger partial charge on any atom is 0.274 e. The maximum absolute atomic E-state index is 13.6. The number of nitrogens with zero attached hydrogens (tertiary/aromatic N) is 4. The van der Waals surface area contributed by atoms with E-state index in [0.29, 0.717) is 30.9 Å². The van der Waals surface area contributed by atoms with Crippen molar-refractivity contribution in [1.29, 1.82) is 0 Å². The number of anilines is 1. The zero-order valence-electron chi connectivity index (χ0n) is 19.3. The first-order chi connectivity index (χ1) is 16.5. The highest BCUT2D eigenvalue weighted by Gasteiger charge is 2.16. The Morgan fingerprint density at radius 1 is 1.09 bits per heavy atom. The maximum atomic E-state index is 13.6. The fourth-order valence-electron chi connectivity index (χ4n) is 4.39. The molecule has 7 nitrogen and oxygen atoms in total. The number of hydrogen-bond acceptors (Lipinski definition) is 5. The number of ether oxygens (including phenoxy) is 2. The molecule has 1 aliphatic heterocycles. The van der Waals surface area contributed by atoms with E-state index in [1.165, 1.54) is 6.92 Å². The molecule has 1 atom stereocenters. The van der Waals surface area contributed by atoms with Crippen LogP contribution >= 0.6 is 0 Å². The van der Waals surface area contributed by atoms with E-state index in [1.807, 2.05) is 53.3 Å². The minimum absolute atomic E-state index is 0.0810. The van der Waals surface area contributed by atoms with Crippen molar-refractivity contribution >= 4 is 16.7 Å². The van der Waals surface area contributed by atoms with Gasteiger partial charge in [-0.1, -0.05) is 24.3 Å². The Bertz CT molecular complexity index is 1370. The number of aromatic nitrogens is 3. The molecule has 4 aromatic rings. The fourth-order valence-corrected chi connectivity index (χ4v) is 4.39. The van der Waals surface area contributed by atoms with E-state index >= 15 is 0 Å². The van der Waals surface area contributed by atoms with E-state index in [1.54, 1.807) is 17.8 Å². The van der Waals surface area contributed by atoms with E-state index in [4.69, 9.17) is 9.47 Å². The molecule has 1 aliphatic rings. The van der Waals surface area contributed by atoms with Crippen LogP contribution in [-0.4, -0.2) is 47.0 Å². The predicted octanol–water partition coefficient (Wildman–Crippen LogP) is 3.98. The molecule has 0 spiro atoms. The number of rotatable bonds is 6. The molecule has 0 N–H and O–H groups in total. The van der Waals surface area contributed by atoms with Gasteiger partial charge in [-0.2, -0.15) is 0 Å². The van der Waals surface area contributed by atoms with Gasteiger partial charge in [0.2, 0.25) is 6.36 Å². The summed E-state index contributed by atoms with van der Waals surface area (Å²) in [6.07, 6.45) is 0.388. The third-order valence-electron chi connectivity index (χ3n) is 6.16. The quantitative estimate of drug-likeness (QED) is 0.434. The first-order valence-electron chi connectivity index (χ1n) is 11.4. The van der Waals surface area contributed by atoms with E-state index in [2.05, 4.69) is 16.0 Å². The van der Waals surface area contributed by atoms with Crippen LogP contribution in [0.4, 0.5) is 10.2 Å². The molecule has 5 rings (SSSR count). The van der Waals surface area contributed by atoms with Crippen LogP contribution in [0.3, 0.4) is 0 Å². The van der Waals surface area contributed by atoms with Gasteiger partial charge in [-0.3, -0.25) is 14.2 Å². The lowest BCUT2D eigenvalue weighted by Crippen LogP contribution is -2.36. The summed E-state index contributed by atoms with van der Waals surface area (Å²) in [5.41, 5.74) is 3.53. The smallest absolute Gasteiger partial charge is 0.274 e. The lowest BCUT2D eigenvalue weighted by Gasteiger charge is -2.28. The second-order valence-corrected chi connectivity index (χ2v) is 8.39. The van der Waals surface area contributed by atoms with Gasteiger partial charge < -0.3 is 14.4 Å². The highest BCUT2D eigenvalue weighted by molar-refractivity contribution is 5.85.